The summed E-state index contributed by atoms with van der Waals surface area (Å²) in [7, 11) is 0. The largest absolute Gasteiger partial charge is 0.617 e. The molecule has 0 N–H and O–H groups in total. The van der Waals surface area contributed by atoms with Crippen molar-refractivity contribution in [3.8, 4) is 0 Å². The van der Waals surface area contributed by atoms with Gasteiger partial charge in [-0.3, -0.25) is 0 Å². The van der Waals surface area contributed by atoms with Crippen LogP contribution >= 0.6 is 23.2 Å². The van der Waals surface area contributed by atoms with E-state index in [0.717, 1.165) is 5.56 Å². The lowest BCUT2D eigenvalue weighted by Gasteiger charge is -2.09. The smallest absolute Gasteiger partial charge is 0.290 e. The quantitative estimate of drug-likeness (QED) is 0.364. The third-order valence-corrected chi connectivity index (χ3v) is 3.00. The molecule has 0 spiro atoms. The molecule has 1 aromatic heterocycles. The van der Waals surface area contributed by atoms with E-state index in [1.54, 1.807) is 20.8 Å². The lowest BCUT2D eigenvalue weighted by atomic mass is 10.2. The van der Waals surface area contributed by atoms with Crippen LogP contribution in [0.25, 0.3) is 0 Å². The van der Waals surface area contributed by atoms with Crippen LogP contribution in [0.3, 0.4) is 0 Å². The van der Waals surface area contributed by atoms with E-state index in [2.05, 4.69) is 0 Å². The minimum Gasteiger partial charge on any atom is -0.617 e. The molecule has 0 aliphatic carbocycles. The van der Waals surface area contributed by atoms with E-state index in [0.29, 0.717) is 21.0 Å². The molecule has 0 unspecified atom stereocenters. The molecule has 66 valence electrons. The Morgan fingerprint density at radius 3 is 2.08 bits per heavy atom. The molecule has 0 bridgehead atoms. The highest BCUT2D eigenvalue weighted by molar-refractivity contribution is 6.35. The van der Waals surface area contributed by atoms with E-state index in [9.17, 15) is 5.21 Å². The molecule has 2 nitrogen and oxygen atoms in total. The van der Waals surface area contributed by atoms with Gasteiger partial charge in [-0.2, -0.15) is 4.73 Å². The van der Waals surface area contributed by atoms with Crippen molar-refractivity contribution in [2.45, 2.75) is 20.8 Å². The van der Waals surface area contributed by atoms with Gasteiger partial charge in [0.05, 0.1) is 10.6 Å². The number of hydrogen-bond acceptors (Lipinski definition) is 1. The molecule has 0 saturated heterocycles. The minimum atomic E-state index is 0.156. The molecule has 1 heterocycles. The second kappa shape index (κ2) is 3.11. The molecule has 0 aromatic carbocycles. The average Bonchev–Trinajstić information content (AvgIpc) is 2.08. The van der Waals surface area contributed by atoms with Crippen molar-refractivity contribution in [3.63, 3.8) is 0 Å². The fraction of sp³-hybridized carbons (Fsp3) is 0.375. The summed E-state index contributed by atoms with van der Waals surface area (Å²) in [5.74, 6) is 0. The molecular weight excluding hydrogens is 197 g/mol. The summed E-state index contributed by atoms with van der Waals surface area (Å²) < 4.78 is 0.693. The lowest BCUT2D eigenvalue weighted by Crippen LogP contribution is -2.33. The number of aromatic nitrogens is 1. The summed E-state index contributed by atoms with van der Waals surface area (Å²) in [5, 5.41) is 12.0. The Hall–Kier alpha value is -0.470. The maximum absolute atomic E-state index is 11.3. The van der Waals surface area contributed by atoms with Crippen LogP contribution in [0.5, 0.6) is 0 Å². The summed E-state index contributed by atoms with van der Waals surface area (Å²) >= 11 is 11.6. The molecule has 0 aliphatic heterocycles. The first kappa shape index (κ1) is 9.62. The molecule has 12 heavy (non-hydrogen) atoms. The van der Waals surface area contributed by atoms with Crippen molar-refractivity contribution in [1.82, 2.24) is 0 Å². The fourth-order valence-electron chi connectivity index (χ4n) is 0.983. The molecule has 1 rings (SSSR count). The van der Waals surface area contributed by atoms with Crippen molar-refractivity contribution < 1.29 is 4.73 Å². The molecule has 0 amide bonds. The van der Waals surface area contributed by atoms with Gasteiger partial charge in [0.1, 0.15) is 0 Å². The van der Waals surface area contributed by atoms with Crippen LogP contribution in [0.2, 0.25) is 10.2 Å². The molecule has 0 aliphatic rings. The van der Waals surface area contributed by atoms with Gasteiger partial charge >= 0.3 is 0 Å². The van der Waals surface area contributed by atoms with Gasteiger partial charge in [-0.1, -0.05) is 11.6 Å². The fourth-order valence-corrected chi connectivity index (χ4v) is 1.48. The number of nitrogens with zero attached hydrogens (tertiary/aromatic N) is 1. The van der Waals surface area contributed by atoms with Gasteiger partial charge in [0.25, 0.3) is 5.15 Å². The summed E-state index contributed by atoms with van der Waals surface area (Å²) in [6.07, 6.45) is 0. The molecule has 0 radical (unpaired) electrons. The first-order chi connectivity index (χ1) is 5.46. The molecule has 4 heteroatoms. The topological polar surface area (TPSA) is 26.9 Å². The molecule has 1 aromatic rings. The Morgan fingerprint density at radius 2 is 1.58 bits per heavy atom. The lowest BCUT2D eigenvalue weighted by molar-refractivity contribution is -0.610. The van der Waals surface area contributed by atoms with E-state index in [-0.39, 0.29) is 5.15 Å². The van der Waals surface area contributed by atoms with Gasteiger partial charge in [0.15, 0.2) is 5.69 Å². The minimum absolute atomic E-state index is 0.156. The summed E-state index contributed by atoms with van der Waals surface area (Å²) in [6, 6.07) is 0. The third kappa shape index (κ3) is 1.25. The third-order valence-electron chi connectivity index (χ3n) is 1.99. The van der Waals surface area contributed by atoms with Crippen LogP contribution in [0.1, 0.15) is 16.8 Å². The second-order valence-electron chi connectivity index (χ2n) is 2.73. The van der Waals surface area contributed by atoms with Crippen LogP contribution in [0, 0.1) is 26.0 Å². The Labute approximate surface area is 81.3 Å². The van der Waals surface area contributed by atoms with Gasteiger partial charge in [0.2, 0.25) is 0 Å². The number of rotatable bonds is 0. The highest BCUT2D eigenvalue weighted by atomic mass is 35.5. The standard InChI is InChI=1S/C8H9Cl2NO/c1-4-6(3)11(12)8(10)5(2)7(4)9/h1-3H3. The Bertz CT molecular complexity index is 231. The zero-order valence-electron chi connectivity index (χ0n) is 7.11. The average molecular weight is 206 g/mol. The van der Waals surface area contributed by atoms with Crippen LogP contribution in [-0.4, -0.2) is 0 Å². The molecule has 0 fully saturated rings. The van der Waals surface area contributed by atoms with E-state index in [4.69, 9.17) is 23.2 Å². The predicted molar refractivity (Wildman–Crippen MR) is 49.6 cm³/mol. The SMILES string of the molecule is Cc1c(Cl)c(C)c(Cl)[n+]([O-])c1C. The number of hydrogen-bond donors (Lipinski definition) is 0. The summed E-state index contributed by atoms with van der Waals surface area (Å²) in [4.78, 5) is 0. The van der Waals surface area contributed by atoms with Crippen molar-refractivity contribution in [2.24, 2.45) is 0 Å². The maximum atomic E-state index is 11.3. The van der Waals surface area contributed by atoms with Gasteiger partial charge in [-0.25, -0.2) is 0 Å². The van der Waals surface area contributed by atoms with E-state index < -0.39 is 0 Å². The van der Waals surface area contributed by atoms with Crippen molar-refractivity contribution >= 4 is 23.2 Å². The van der Waals surface area contributed by atoms with Gasteiger partial charge in [-0.15, -0.1) is 0 Å². The van der Waals surface area contributed by atoms with Gasteiger partial charge in [-0.05, 0) is 25.4 Å². The van der Waals surface area contributed by atoms with Gasteiger partial charge < -0.3 is 5.21 Å². The van der Waals surface area contributed by atoms with Crippen molar-refractivity contribution in [3.05, 3.63) is 32.2 Å². The Morgan fingerprint density at radius 1 is 1.08 bits per heavy atom. The highest BCUT2D eigenvalue weighted by Gasteiger charge is 2.17. The van der Waals surface area contributed by atoms with Crippen LogP contribution in [0.15, 0.2) is 0 Å². The Kier molecular flexibility index (Phi) is 2.49. The predicted octanol–water partition coefficient (Wildman–Crippen LogP) is 2.55. The first-order valence-corrected chi connectivity index (χ1v) is 4.26. The second-order valence-corrected chi connectivity index (χ2v) is 3.47. The van der Waals surface area contributed by atoms with Crippen LogP contribution in [0.4, 0.5) is 0 Å². The molecule has 0 saturated carbocycles. The van der Waals surface area contributed by atoms with Gasteiger partial charge in [0, 0.05) is 12.5 Å². The van der Waals surface area contributed by atoms with E-state index in [1.807, 2.05) is 0 Å². The highest BCUT2D eigenvalue weighted by Crippen LogP contribution is 2.25. The van der Waals surface area contributed by atoms with Crippen molar-refractivity contribution in [1.29, 1.82) is 0 Å². The molecular formula is C8H9Cl2NO. The number of halogens is 2. The summed E-state index contributed by atoms with van der Waals surface area (Å²) in [5.41, 5.74) is 1.97. The van der Waals surface area contributed by atoms with E-state index >= 15 is 0 Å². The Balaban J connectivity index is 3.60. The van der Waals surface area contributed by atoms with E-state index in [1.165, 1.54) is 0 Å². The van der Waals surface area contributed by atoms with Crippen LogP contribution in [-0.2, 0) is 0 Å². The van der Waals surface area contributed by atoms with Crippen LogP contribution < -0.4 is 4.73 Å². The van der Waals surface area contributed by atoms with Crippen molar-refractivity contribution in [2.75, 3.05) is 0 Å². The summed E-state index contributed by atoms with van der Waals surface area (Å²) in [6.45, 7) is 5.22. The zero-order valence-corrected chi connectivity index (χ0v) is 8.62. The maximum Gasteiger partial charge on any atom is 0.290 e. The number of pyridine rings is 1. The normalized spacial score (nSPS) is 10.4. The zero-order chi connectivity index (χ0) is 9.46. The molecule has 0 atom stereocenters. The monoisotopic (exact) mass is 205 g/mol. The first-order valence-electron chi connectivity index (χ1n) is 3.51.